The molecule has 182 valence electrons. The molecule has 0 rings (SSSR count). The third-order valence-corrected chi connectivity index (χ3v) is 4.92. The van der Waals surface area contributed by atoms with Crippen molar-refractivity contribution in [3.05, 3.63) is 0 Å². The zero-order chi connectivity index (χ0) is 25.0. The molecular formula is C19H34N6O7. The molecule has 0 aromatic rings. The number of carbonyl (C=O) groups excluding carboxylic acids is 5. The summed E-state index contributed by atoms with van der Waals surface area (Å²) in [7, 11) is 0. The Bertz CT molecular complexity index is 714. The molecule has 0 heterocycles. The summed E-state index contributed by atoms with van der Waals surface area (Å²) in [6.07, 6.45) is -0.168. The number of primary amides is 2. The highest BCUT2D eigenvalue weighted by Gasteiger charge is 2.29. The van der Waals surface area contributed by atoms with Gasteiger partial charge in [0.25, 0.3) is 0 Å². The van der Waals surface area contributed by atoms with Crippen molar-refractivity contribution in [2.24, 2.45) is 23.1 Å². The van der Waals surface area contributed by atoms with Gasteiger partial charge in [0.15, 0.2) is 0 Å². The number of nitrogens with two attached hydrogens (primary N) is 3. The van der Waals surface area contributed by atoms with Crippen LogP contribution in [0.2, 0.25) is 0 Å². The Morgan fingerprint density at radius 1 is 0.781 bits per heavy atom. The topological polar surface area (TPSA) is 237 Å². The highest BCUT2D eigenvalue weighted by molar-refractivity contribution is 5.94. The molecule has 5 unspecified atom stereocenters. The lowest BCUT2D eigenvalue weighted by Crippen LogP contribution is -2.57. The predicted molar refractivity (Wildman–Crippen MR) is 113 cm³/mol. The Kier molecular flexibility index (Phi) is 12.6. The maximum Gasteiger partial charge on any atom is 0.326 e. The van der Waals surface area contributed by atoms with Gasteiger partial charge in [0.1, 0.15) is 18.1 Å². The van der Waals surface area contributed by atoms with Gasteiger partial charge < -0.3 is 38.3 Å². The lowest BCUT2D eigenvalue weighted by atomic mass is 9.98. The van der Waals surface area contributed by atoms with Crippen molar-refractivity contribution >= 4 is 35.5 Å². The summed E-state index contributed by atoms with van der Waals surface area (Å²) >= 11 is 0. The minimum absolute atomic E-state index is 0.120. The molecule has 0 aromatic heterocycles. The van der Waals surface area contributed by atoms with Gasteiger partial charge in [0.2, 0.25) is 29.5 Å². The van der Waals surface area contributed by atoms with Crippen LogP contribution in [-0.2, 0) is 28.8 Å². The van der Waals surface area contributed by atoms with Crippen LogP contribution in [0.5, 0.6) is 0 Å². The average Bonchev–Trinajstić information content (AvgIpc) is 2.71. The molecular weight excluding hydrogens is 424 g/mol. The molecule has 5 amide bonds. The van der Waals surface area contributed by atoms with Crippen LogP contribution in [-0.4, -0.2) is 64.8 Å². The highest BCUT2D eigenvalue weighted by Crippen LogP contribution is 2.07. The van der Waals surface area contributed by atoms with Crippen molar-refractivity contribution < 1.29 is 33.9 Å². The van der Waals surface area contributed by atoms with Gasteiger partial charge in [-0.3, -0.25) is 24.0 Å². The van der Waals surface area contributed by atoms with E-state index in [4.69, 9.17) is 22.3 Å². The fourth-order valence-electron chi connectivity index (χ4n) is 2.56. The Morgan fingerprint density at radius 3 is 1.69 bits per heavy atom. The van der Waals surface area contributed by atoms with E-state index in [0.717, 1.165) is 0 Å². The number of aliphatic carboxylic acids is 1. The lowest BCUT2D eigenvalue weighted by molar-refractivity contribution is -0.142. The number of hydrogen-bond donors (Lipinski definition) is 7. The molecule has 0 radical (unpaired) electrons. The van der Waals surface area contributed by atoms with E-state index in [1.165, 1.54) is 6.92 Å². The molecule has 0 aliphatic rings. The number of carbonyl (C=O) groups is 6. The second-order valence-corrected chi connectivity index (χ2v) is 7.61. The van der Waals surface area contributed by atoms with Gasteiger partial charge in [-0.15, -0.1) is 0 Å². The zero-order valence-electron chi connectivity index (χ0n) is 18.6. The summed E-state index contributed by atoms with van der Waals surface area (Å²) in [6, 6.07) is -4.64. The maximum absolute atomic E-state index is 12.6. The van der Waals surface area contributed by atoms with E-state index in [2.05, 4.69) is 16.0 Å². The standard InChI is InChI=1S/C19H34N6O7/c1-4-9(2)15(22)18(30)24-11(5-7-13(20)26)17(29)23-10(3)16(28)25-12(19(31)32)6-8-14(21)27/h9-12,15H,4-8,22H2,1-3H3,(H2,20,26)(H2,21,27)(H,23,29)(H,24,30)(H,25,28)(H,31,32). The maximum atomic E-state index is 12.6. The van der Waals surface area contributed by atoms with Crippen LogP contribution in [0.15, 0.2) is 0 Å². The number of nitrogens with one attached hydrogen (secondary N) is 3. The molecule has 0 saturated carbocycles. The van der Waals surface area contributed by atoms with E-state index in [0.29, 0.717) is 6.42 Å². The molecule has 0 aliphatic heterocycles. The third-order valence-electron chi connectivity index (χ3n) is 4.92. The van der Waals surface area contributed by atoms with Gasteiger partial charge >= 0.3 is 5.97 Å². The number of rotatable bonds is 15. The average molecular weight is 459 g/mol. The Balaban J connectivity index is 5.16. The highest BCUT2D eigenvalue weighted by atomic mass is 16.4. The molecule has 0 aromatic carbocycles. The Morgan fingerprint density at radius 2 is 1.25 bits per heavy atom. The lowest BCUT2D eigenvalue weighted by Gasteiger charge is -2.24. The normalized spacial score (nSPS) is 15.4. The van der Waals surface area contributed by atoms with Crippen molar-refractivity contribution in [2.75, 3.05) is 0 Å². The van der Waals surface area contributed by atoms with E-state index >= 15 is 0 Å². The summed E-state index contributed by atoms with van der Waals surface area (Å²) < 4.78 is 0. The molecule has 32 heavy (non-hydrogen) atoms. The van der Waals surface area contributed by atoms with Crippen molar-refractivity contribution in [1.82, 2.24) is 16.0 Å². The van der Waals surface area contributed by atoms with E-state index < -0.39 is 59.7 Å². The first kappa shape index (κ1) is 28.8. The van der Waals surface area contributed by atoms with Gasteiger partial charge in [-0.1, -0.05) is 20.3 Å². The van der Waals surface area contributed by atoms with Crippen LogP contribution >= 0.6 is 0 Å². The fraction of sp³-hybridized carbons (Fsp3) is 0.684. The van der Waals surface area contributed by atoms with Gasteiger partial charge in [-0.05, 0) is 25.7 Å². The summed E-state index contributed by atoms with van der Waals surface area (Å²) in [5.41, 5.74) is 16.0. The van der Waals surface area contributed by atoms with Crippen LogP contribution in [0.1, 0.15) is 52.9 Å². The van der Waals surface area contributed by atoms with Crippen LogP contribution < -0.4 is 33.2 Å². The summed E-state index contributed by atoms with van der Waals surface area (Å²) in [5, 5.41) is 16.2. The van der Waals surface area contributed by atoms with Crippen molar-refractivity contribution in [1.29, 1.82) is 0 Å². The Labute approximate surface area is 186 Å². The van der Waals surface area contributed by atoms with Crippen molar-refractivity contribution in [2.45, 2.75) is 77.0 Å². The second kappa shape index (κ2) is 14.0. The van der Waals surface area contributed by atoms with Crippen molar-refractivity contribution in [3.8, 4) is 0 Å². The molecule has 13 nitrogen and oxygen atoms in total. The van der Waals surface area contributed by atoms with Gasteiger partial charge in [0.05, 0.1) is 6.04 Å². The quantitative estimate of drug-likeness (QED) is 0.137. The molecule has 0 bridgehead atoms. The van der Waals surface area contributed by atoms with E-state index in [1.807, 2.05) is 6.92 Å². The minimum Gasteiger partial charge on any atom is -0.480 e. The molecule has 0 aliphatic carbocycles. The van der Waals surface area contributed by atoms with Crippen LogP contribution in [0.3, 0.4) is 0 Å². The minimum atomic E-state index is -1.38. The summed E-state index contributed by atoms with van der Waals surface area (Å²) in [6.45, 7) is 4.92. The van der Waals surface area contributed by atoms with E-state index in [9.17, 15) is 28.8 Å². The first-order valence-corrected chi connectivity index (χ1v) is 10.3. The van der Waals surface area contributed by atoms with Gasteiger partial charge in [0, 0.05) is 12.8 Å². The molecule has 0 saturated heterocycles. The van der Waals surface area contributed by atoms with Gasteiger partial charge in [-0.25, -0.2) is 4.79 Å². The first-order chi connectivity index (χ1) is 14.8. The summed E-state index contributed by atoms with van der Waals surface area (Å²) in [5.74, 6) is -5.15. The van der Waals surface area contributed by atoms with Crippen LogP contribution in [0, 0.1) is 5.92 Å². The molecule has 5 atom stereocenters. The summed E-state index contributed by atoms with van der Waals surface area (Å²) in [4.78, 5) is 70.5. The van der Waals surface area contributed by atoms with Crippen LogP contribution in [0.4, 0.5) is 0 Å². The second-order valence-electron chi connectivity index (χ2n) is 7.61. The van der Waals surface area contributed by atoms with Crippen LogP contribution in [0.25, 0.3) is 0 Å². The molecule has 13 heteroatoms. The molecule has 0 fully saturated rings. The number of carboxylic acid groups (broad SMARTS) is 1. The third kappa shape index (κ3) is 10.7. The smallest absolute Gasteiger partial charge is 0.326 e. The van der Waals surface area contributed by atoms with Gasteiger partial charge in [-0.2, -0.15) is 0 Å². The van der Waals surface area contributed by atoms with E-state index in [-0.39, 0.29) is 31.6 Å². The number of amides is 5. The number of carboxylic acids is 1. The first-order valence-electron chi connectivity index (χ1n) is 10.3. The zero-order valence-corrected chi connectivity index (χ0v) is 18.6. The van der Waals surface area contributed by atoms with Crippen molar-refractivity contribution in [3.63, 3.8) is 0 Å². The predicted octanol–water partition coefficient (Wildman–Crippen LogP) is -2.55. The van der Waals surface area contributed by atoms with E-state index in [1.54, 1.807) is 6.92 Å². The monoisotopic (exact) mass is 458 g/mol. The molecule has 0 spiro atoms. The number of hydrogen-bond acceptors (Lipinski definition) is 7. The SMILES string of the molecule is CCC(C)C(N)C(=O)NC(CCC(N)=O)C(=O)NC(C)C(=O)NC(CCC(N)=O)C(=O)O. The largest absolute Gasteiger partial charge is 0.480 e. The fourth-order valence-corrected chi connectivity index (χ4v) is 2.56. The molecule has 10 N–H and O–H groups in total. The Hall–Kier alpha value is -3.22.